The van der Waals surface area contributed by atoms with E-state index < -0.39 is 0 Å². The largest absolute Gasteiger partial charge is 0.490 e. The van der Waals surface area contributed by atoms with E-state index in [1.807, 2.05) is 26.0 Å². The molecule has 144 valence electrons. The Labute approximate surface area is 159 Å². The number of likely N-dealkylation sites (tertiary alicyclic amines) is 1. The zero-order valence-electron chi connectivity index (χ0n) is 15.7. The van der Waals surface area contributed by atoms with Crippen molar-refractivity contribution in [3.05, 3.63) is 22.7 Å². The Morgan fingerprint density at radius 3 is 2.31 bits per heavy atom. The summed E-state index contributed by atoms with van der Waals surface area (Å²) in [7, 11) is 1.79. The summed E-state index contributed by atoms with van der Waals surface area (Å²) in [5.41, 5.74) is 0.705. The van der Waals surface area contributed by atoms with Crippen LogP contribution in [-0.2, 0) is 11.3 Å². The van der Waals surface area contributed by atoms with Gasteiger partial charge in [0.2, 0.25) is 0 Å². The van der Waals surface area contributed by atoms with Crippen LogP contribution in [0.2, 0.25) is 5.02 Å². The Morgan fingerprint density at radius 1 is 1.15 bits per heavy atom. The van der Waals surface area contributed by atoms with E-state index in [4.69, 9.17) is 25.8 Å². The number of benzene rings is 1. The molecule has 0 atom stereocenters. The number of rotatable bonds is 6. The molecule has 2 aliphatic heterocycles. The van der Waals surface area contributed by atoms with Gasteiger partial charge in [-0.25, -0.2) is 4.79 Å². The molecule has 0 unspecified atom stereocenters. The summed E-state index contributed by atoms with van der Waals surface area (Å²) >= 11 is 6.48. The molecule has 7 heteroatoms. The second kappa shape index (κ2) is 7.92. The highest BCUT2D eigenvalue weighted by molar-refractivity contribution is 6.31. The molecule has 2 heterocycles. The third-order valence-electron chi connectivity index (χ3n) is 5.01. The second-order valence-corrected chi connectivity index (χ2v) is 7.35. The number of amides is 1. The van der Waals surface area contributed by atoms with Gasteiger partial charge in [0, 0.05) is 50.6 Å². The van der Waals surface area contributed by atoms with Crippen molar-refractivity contribution in [2.24, 2.45) is 0 Å². The lowest BCUT2D eigenvalue weighted by molar-refractivity contribution is -0.00120. The van der Waals surface area contributed by atoms with Crippen molar-refractivity contribution in [1.29, 1.82) is 0 Å². The maximum absolute atomic E-state index is 11.7. The molecule has 0 saturated carbocycles. The Morgan fingerprint density at radius 2 is 1.77 bits per heavy atom. The first-order chi connectivity index (χ1) is 12.5. The molecular formula is C19H27ClN2O4. The minimum absolute atomic E-state index is 0.214. The SMILES string of the molecule is CCOc1cc(Cl)c(CN2CCC3(CC2)CN(C)C(=O)O3)cc1OCC. The number of hydrogen-bond donors (Lipinski definition) is 0. The van der Waals surface area contributed by atoms with E-state index >= 15 is 0 Å². The normalized spacial score (nSPS) is 19.7. The molecule has 6 nitrogen and oxygen atoms in total. The smallest absolute Gasteiger partial charge is 0.410 e. The molecule has 3 rings (SSSR count). The van der Waals surface area contributed by atoms with Gasteiger partial charge in [0.15, 0.2) is 11.5 Å². The molecule has 26 heavy (non-hydrogen) atoms. The summed E-state index contributed by atoms with van der Waals surface area (Å²) in [4.78, 5) is 15.7. The van der Waals surface area contributed by atoms with Crippen LogP contribution in [0.5, 0.6) is 11.5 Å². The molecule has 2 saturated heterocycles. The van der Waals surface area contributed by atoms with Crippen molar-refractivity contribution in [2.75, 3.05) is 39.9 Å². The van der Waals surface area contributed by atoms with E-state index in [1.54, 1.807) is 11.9 Å². The number of piperidine rings is 1. The molecule has 1 aromatic carbocycles. The van der Waals surface area contributed by atoms with Crippen LogP contribution in [0, 0.1) is 0 Å². The fourth-order valence-corrected chi connectivity index (χ4v) is 3.86. The Kier molecular flexibility index (Phi) is 5.82. The zero-order chi connectivity index (χ0) is 18.7. The first-order valence-corrected chi connectivity index (χ1v) is 9.58. The summed E-state index contributed by atoms with van der Waals surface area (Å²) in [6, 6.07) is 3.81. The molecule has 2 fully saturated rings. The Balaban J connectivity index is 1.66. The zero-order valence-corrected chi connectivity index (χ0v) is 16.5. The van der Waals surface area contributed by atoms with Crippen LogP contribution in [0.15, 0.2) is 12.1 Å². The van der Waals surface area contributed by atoms with Crippen LogP contribution < -0.4 is 9.47 Å². The fraction of sp³-hybridized carbons (Fsp3) is 0.632. The van der Waals surface area contributed by atoms with Gasteiger partial charge in [-0.3, -0.25) is 4.90 Å². The monoisotopic (exact) mass is 382 g/mol. The minimum atomic E-state index is -0.318. The van der Waals surface area contributed by atoms with Gasteiger partial charge in [0.25, 0.3) is 0 Å². The van der Waals surface area contributed by atoms with Gasteiger partial charge in [-0.15, -0.1) is 0 Å². The molecule has 1 amide bonds. The van der Waals surface area contributed by atoms with Crippen LogP contribution in [0.25, 0.3) is 0 Å². The number of hydrogen-bond acceptors (Lipinski definition) is 5. The van der Waals surface area contributed by atoms with Crippen LogP contribution >= 0.6 is 11.6 Å². The van der Waals surface area contributed by atoms with Gasteiger partial charge in [-0.05, 0) is 25.5 Å². The molecule has 0 N–H and O–H groups in total. The molecule has 0 aliphatic carbocycles. The van der Waals surface area contributed by atoms with Gasteiger partial charge >= 0.3 is 6.09 Å². The van der Waals surface area contributed by atoms with E-state index in [2.05, 4.69) is 4.90 Å². The Hall–Kier alpha value is -1.66. The van der Waals surface area contributed by atoms with Gasteiger partial charge in [0.05, 0.1) is 19.8 Å². The molecule has 2 aliphatic rings. The number of likely N-dealkylation sites (N-methyl/N-ethyl adjacent to an activating group) is 1. The summed E-state index contributed by atoms with van der Waals surface area (Å²) < 4.78 is 16.9. The van der Waals surface area contributed by atoms with Crippen molar-refractivity contribution >= 4 is 17.7 Å². The summed E-state index contributed by atoms with van der Waals surface area (Å²) in [6.07, 6.45) is 1.47. The standard InChI is InChI=1S/C19H27ClN2O4/c1-4-24-16-10-14(15(20)11-17(16)25-5-2)12-22-8-6-19(7-9-22)13-21(3)18(23)26-19/h10-11H,4-9,12-13H2,1-3H3. The lowest BCUT2D eigenvalue weighted by Gasteiger charge is -2.37. The molecular weight excluding hydrogens is 356 g/mol. The quantitative estimate of drug-likeness (QED) is 0.753. The lowest BCUT2D eigenvalue weighted by Crippen LogP contribution is -2.46. The molecule has 1 spiro atoms. The first kappa shape index (κ1) is 19.1. The van der Waals surface area contributed by atoms with E-state index in [0.717, 1.165) is 43.8 Å². The highest BCUT2D eigenvalue weighted by atomic mass is 35.5. The average molecular weight is 383 g/mol. The van der Waals surface area contributed by atoms with E-state index in [9.17, 15) is 4.79 Å². The number of carbonyl (C=O) groups excluding carboxylic acids is 1. The maximum Gasteiger partial charge on any atom is 0.410 e. The topological polar surface area (TPSA) is 51.2 Å². The van der Waals surface area contributed by atoms with Crippen molar-refractivity contribution in [3.8, 4) is 11.5 Å². The predicted molar refractivity (Wildman–Crippen MR) is 100 cm³/mol. The summed E-state index contributed by atoms with van der Waals surface area (Å²) in [6.45, 7) is 8.19. The van der Waals surface area contributed by atoms with E-state index in [0.29, 0.717) is 30.5 Å². The molecule has 0 radical (unpaired) electrons. The third-order valence-corrected chi connectivity index (χ3v) is 5.37. The number of carbonyl (C=O) groups is 1. The predicted octanol–water partition coefficient (Wildman–Crippen LogP) is 3.55. The van der Waals surface area contributed by atoms with Gasteiger partial charge in [0.1, 0.15) is 5.60 Å². The van der Waals surface area contributed by atoms with Gasteiger partial charge < -0.3 is 19.1 Å². The van der Waals surface area contributed by atoms with Crippen LogP contribution in [0.4, 0.5) is 4.79 Å². The van der Waals surface area contributed by atoms with Crippen molar-refractivity contribution in [3.63, 3.8) is 0 Å². The van der Waals surface area contributed by atoms with Gasteiger partial charge in [-0.1, -0.05) is 11.6 Å². The fourth-order valence-electron chi connectivity index (χ4n) is 3.65. The second-order valence-electron chi connectivity index (χ2n) is 6.94. The van der Waals surface area contributed by atoms with Crippen molar-refractivity contribution in [1.82, 2.24) is 9.80 Å². The highest BCUT2D eigenvalue weighted by Gasteiger charge is 2.45. The minimum Gasteiger partial charge on any atom is -0.490 e. The summed E-state index contributed by atoms with van der Waals surface area (Å²) in [5.74, 6) is 1.41. The highest BCUT2D eigenvalue weighted by Crippen LogP contribution is 2.36. The third kappa shape index (κ3) is 4.01. The van der Waals surface area contributed by atoms with Crippen molar-refractivity contribution < 1.29 is 19.0 Å². The number of halogens is 1. The number of ether oxygens (including phenoxy) is 3. The van der Waals surface area contributed by atoms with E-state index in [-0.39, 0.29) is 11.7 Å². The lowest BCUT2D eigenvalue weighted by atomic mass is 9.91. The molecule has 0 aromatic heterocycles. The van der Waals surface area contributed by atoms with Crippen LogP contribution in [0.1, 0.15) is 32.3 Å². The van der Waals surface area contributed by atoms with Gasteiger partial charge in [-0.2, -0.15) is 0 Å². The number of nitrogens with zero attached hydrogens (tertiary/aromatic N) is 2. The van der Waals surface area contributed by atoms with Crippen molar-refractivity contribution in [2.45, 2.75) is 38.8 Å². The molecule has 0 bridgehead atoms. The van der Waals surface area contributed by atoms with E-state index in [1.165, 1.54) is 0 Å². The van der Waals surface area contributed by atoms with Crippen LogP contribution in [0.3, 0.4) is 0 Å². The first-order valence-electron chi connectivity index (χ1n) is 9.21. The Bertz CT molecular complexity index is 659. The molecule has 1 aromatic rings. The average Bonchev–Trinajstić information content (AvgIpc) is 2.88. The van der Waals surface area contributed by atoms with Crippen LogP contribution in [-0.4, -0.2) is 61.4 Å². The maximum atomic E-state index is 11.7. The summed E-state index contributed by atoms with van der Waals surface area (Å²) in [5, 5.41) is 0.684.